The summed E-state index contributed by atoms with van der Waals surface area (Å²) in [6, 6.07) is 3.62. The Bertz CT molecular complexity index is 632. The number of hydrogen-bond donors (Lipinski definition) is 2. The Morgan fingerprint density at radius 1 is 1.28 bits per heavy atom. The van der Waals surface area contributed by atoms with Crippen LogP contribution in [0.4, 0.5) is 0 Å². The topological polar surface area (TPSA) is 105 Å². The third-order valence-electron chi connectivity index (χ3n) is 3.52. The number of ether oxygens (including phenoxy) is 2. The lowest BCUT2D eigenvalue weighted by molar-refractivity contribution is -0.141. The van der Waals surface area contributed by atoms with Crippen LogP contribution in [0.2, 0.25) is 0 Å². The second-order valence-electron chi connectivity index (χ2n) is 5.29. The molecule has 0 radical (unpaired) electrons. The van der Waals surface area contributed by atoms with E-state index in [0.29, 0.717) is 18.1 Å². The highest BCUT2D eigenvalue weighted by molar-refractivity contribution is 5.97. The van der Waals surface area contributed by atoms with E-state index in [1.165, 1.54) is 31.9 Å². The standard InChI is InChI=1S/C17H24N2O6/c1-5-25-14-7-6-13(10-15(14)24-4)16(21)19(11(2)17(22)23)9-8-18-12(3)20/h6-7,10-11H,5,8-9H2,1-4H3,(H,18,20)(H,22,23). The number of amides is 2. The molecule has 0 heterocycles. The Morgan fingerprint density at radius 3 is 2.48 bits per heavy atom. The molecule has 0 bridgehead atoms. The second-order valence-corrected chi connectivity index (χ2v) is 5.29. The highest BCUT2D eigenvalue weighted by Crippen LogP contribution is 2.28. The van der Waals surface area contributed by atoms with Crippen molar-refractivity contribution in [1.82, 2.24) is 10.2 Å². The molecule has 0 spiro atoms. The number of hydrogen-bond acceptors (Lipinski definition) is 5. The fourth-order valence-corrected chi connectivity index (χ4v) is 2.20. The van der Waals surface area contributed by atoms with Crippen molar-refractivity contribution in [3.63, 3.8) is 0 Å². The Kier molecular flexibility index (Phi) is 7.71. The van der Waals surface area contributed by atoms with E-state index >= 15 is 0 Å². The fourth-order valence-electron chi connectivity index (χ4n) is 2.20. The number of nitrogens with zero attached hydrogens (tertiary/aromatic N) is 1. The van der Waals surface area contributed by atoms with E-state index < -0.39 is 17.9 Å². The average Bonchev–Trinajstić information content (AvgIpc) is 2.57. The van der Waals surface area contributed by atoms with Crippen LogP contribution in [0, 0.1) is 0 Å². The van der Waals surface area contributed by atoms with Gasteiger partial charge < -0.3 is 24.8 Å². The van der Waals surface area contributed by atoms with Gasteiger partial charge in [-0.15, -0.1) is 0 Å². The molecule has 0 aromatic heterocycles. The van der Waals surface area contributed by atoms with Crippen LogP contribution >= 0.6 is 0 Å². The highest BCUT2D eigenvalue weighted by Gasteiger charge is 2.27. The largest absolute Gasteiger partial charge is 0.493 e. The molecule has 2 N–H and O–H groups in total. The van der Waals surface area contributed by atoms with Crippen molar-refractivity contribution in [2.75, 3.05) is 26.8 Å². The summed E-state index contributed by atoms with van der Waals surface area (Å²) in [5.74, 6) is -0.969. The van der Waals surface area contributed by atoms with E-state index in [0.717, 1.165) is 0 Å². The van der Waals surface area contributed by atoms with Gasteiger partial charge in [0.1, 0.15) is 6.04 Å². The summed E-state index contributed by atoms with van der Waals surface area (Å²) in [4.78, 5) is 36.2. The van der Waals surface area contributed by atoms with Crippen LogP contribution in [0.5, 0.6) is 11.5 Å². The van der Waals surface area contributed by atoms with Gasteiger partial charge in [0.25, 0.3) is 5.91 Å². The number of rotatable bonds is 9. The molecule has 0 saturated heterocycles. The first-order valence-electron chi connectivity index (χ1n) is 7.90. The minimum Gasteiger partial charge on any atom is -0.493 e. The van der Waals surface area contributed by atoms with E-state index in [9.17, 15) is 19.5 Å². The normalized spacial score (nSPS) is 11.4. The molecular formula is C17H24N2O6. The Morgan fingerprint density at radius 2 is 1.96 bits per heavy atom. The fraction of sp³-hybridized carbons (Fsp3) is 0.471. The zero-order valence-corrected chi connectivity index (χ0v) is 14.9. The van der Waals surface area contributed by atoms with Crippen LogP contribution in [0.15, 0.2) is 18.2 Å². The van der Waals surface area contributed by atoms with Crippen molar-refractivity contribution in [1.29, 1.82) is 0 Å². The minimum absolute atomic E-state index is 0.0708. The zero-order valence-electron chi connectivity index (χ0n) is 14.9. The number of methoxy groups -OCH3 is 1. The summed E-state index contributed by atoms with van der Waals surface area (Å²) in [7, 11) is 1.46. The lowest BCUT2D eigenvalue weighted by atomic mass is 10.1. The van der Waals surface area contributed by atoms with E-state index in [2.05, 4.69) is 5.32 Å². The van der Waals surface area contributed by atoms with Gasteiger partial charge in [-0.2, -0.15) is 0 Å². The first kappa shape index (κ1) is 20.3. The first-order valence-corrected chi connectivity index (χ1v) is 7.90. The first-order chi connectivity index (χ1) is 11.8. The molecule has 0 fully saturated rings. The number of carbonyl (C=O) groups is 3. The number of carbonyl (C=O) groups excluding carboxylic acids is 2. The number of carboxylic acids is 1. The lowest BCUT2D eigenvalue weighted by Crippen LogP contribution is -2.46. The van der Waals surface area contributed by atoms with Gasteiger partial charge in [0, 0.05) is 25.6 Å². The molecule has 0 aliphatic carbocycles. The summed E-state index contributed by atoms with van der Waals surface area (Å²) in [6.45, 7) is 5.28. The zero-order chi connectivity index (χ0) is 19.0. The summed E-state index contributed by atoms with van der Waals surface area (Å²) < 4.78 is 10.6. The van der Waals surface area contributed by atoms with E-state index in [1.54, 1.807) is 12.1 Å². The molecule has 0 aliphatic heterocycles. The third kappa shape index (κ3) is 5.66. The van der Waals surface area contributed by atoms with Crippen LogP contribution in [0.1, 0.15) is 31.1 Å². The van der Waals surface area contributed by atoms with E-state index in [-0.39, 0.29) is 24.6 Å². The van der Waals surface area contributed by atoms with Crippen LogP contribution < -0.4 is 14.8 Å². The molecule has 1 aromatic carbocycles. The molecule has 8 heteroatoms. The van der Waals surface area contributed by atoms with Gasteiger partial charge in [-0.05, 0) is 32.0 Å². The van der Waals surface area contributed by atoms with Crippen LogP contribution in [0.25, 0.3) is 0 Å². The Balaban J connectivity index is 3.06. The van der Waals surface area contributed by atoms with Gasteiger partial charge in [-0.1, -0.05) is 0 Å². The molecule has 138 valence electrons. The Hall–Kier alpha value is -2.77. The predicted octanol–water partition coefficient (Wildman–Crippen LogP) is 1.15. The summed E-state index contributed by atoms with van der Waals surface area (Å²) in [6.07, 6.45) is 0. The average molecular weight is 352 g/mol. The number of nitrogens with one attached hydrogen (secondary N) is 1. The summed E-state index contributed by atoms with van der Waals surface area (Å²) in [5, 5.41) is 11.8. The Labute approximate surface area is 146 Å². The molecule has 1 rings (SSSR count). The SMILES string of the molecule is CCOc1ccc(C(=O)N(CCNC(C)=O)C(C)C(=O)O)cc1OC. The van der Waals surface area contributed by atoms with Gasteiger partial charge in [0.05, 0.1) is 13.7 Å². The summed E-state index contributed by atoms with van der Waals surface area (Å²) in [5.41, 5.74) is 0.274. The van der Waals surface area contributed by atoms with Gasteiger partial charge in [0.2, 0.25) is 5.91 Å². The lowest BCUT2D eigenvalue weighted by Gasteiger charge is -2.27. The smallest absolute Gasteiger partial charge is 0.326 e. The van der Waals surface area contributed by atoms with Crippen molar-refractivity contribution in [3.05, 3.63) is 23.8 Å². The molecule has 0 saturated carbocycles. The molecule has 25 heavy (non-hydrogen) atoms. The van der Waals surface area contributed by atoms with E-state index in [4.69, 9.17) is 9.47 Å². The van der Waals surface area contributed by atoms with E-state index in [1.807, 2.05) is 6.92 Å². The number of carboxylic acid groups (broad SMARTS) is 1. The molecule has 1 aromatic rings. The third-order valence-corrected chi connectivity index (χ3v) is 3.52. The quantitative estimate of drug-likeness (QED) is 0.691. The molecule has 0 aliphatic rings. The van der Waals surface area contributed by atoms with Crippen LogP contribution in [-0.4, -0.2) is 60.6 Å². The highest BCUT2D eigenvalue weighted by atomic mass is 16.5. The van der Waals surface area contributed by atoms with Crippen molar-refractivity contribution in [2.24, 2.45) is 0 Å². The van der Waals surface area contributed by atoms with Crippen LogP contribution in [-0.2, 0) is 9.59 Å². The van der Waals surface area contributed by atoms with Gasteiger partial charge >= 0.3 is 5.97 Å². The molecule has 8 nitrogen and oxygen atoms in total. The maximum Gasteiger partial charge on any atom is 0.326 e. The maximum atomic E-state index is 12.8. The van der Waals surface area contributed by atoms with Crippen LogP contribution in [0.3, 0.4) is 0 Å². The number of benzene rings is 1. The van der Waals surface area contributed by atoms with Gasteiger partial charge in [-0.25, -0.2) is 4.79 Å². The molecule has 1 atom stereocenters. The maximum absolute atomic E-state index is 12.8. The monoisotopic (exact) mass is 352 g/mol. The van der Waals surface area contributed by atoms with Crippen molar-refractivity contribution in [3.8, 4) is 11.5 Å². The van der Waals surface area contributed by atoms with Crippen molar-refractivity contribution < 1.29 is 29.0 Å². The summed E-state index contributed by atoms with van der Waals surface area (Å²) >= 11 is 0. The van der Waals surface area contributed by atoms with Crippen molar-refractivity contribution in [2.45, 2.75) is 26.8 Å². The molecule has 1 unspecified atom stereocenters. The predicted molar refractivity (Wildman–Crippen MR) is 91.0 cm³/mol. The molecule has 2 amide bonds. The number of aliphatic carboxylic acids is 1. The molecular weight excluding hydrogens is 328 g/mol. The van der Waals surface area contributed by atoms with Crippen molar-refractivity contribution >= 4 is 17.8 Å². The second kappa shape index (κ2) is 9.51. The minimum atomic E-state index is -1.13. The van der Waals surface area contributed by atoms with Gasteiger partial charge in [-0.3, -0.25) is 9.59 Å². The van der Waals surface area contributed by atoms with Gasteiger partial charge in [0.15, 0.2) is 11.5 Å².